The highest BCUT2D eigenvalue weighted by Crippen LogP contribution is 2.29. The summed E-state index contributed by atoms with van der Waals surface area (Å²) in [5.74, 6) is 2.39. The zero-order valence-corrected chi connectivity index (χ0v) is 17.2. The Kier molecular flexibility index (Phi) is 6.31. The van der Waals surface area contributed by atoms with Crippen LogP contribution in [0.2, 0.25) is 0 Å². The summed E-state index contributed by atoms with van der Waals surface area (Å²) in [6.07, 6.45) is 5.92. The molecule has 6 heteroatoms. The second-order valence-electron chi connectivity index (χ2n) is 6.95. The van der Waals surface area contributed by atoms with E-state index < -0.39 is 0 Å². The van der Waals surface area contributed by atoms with Crippen molar-refractivity contribution in [3.63, 3.8) is 0 Å². The van der Waals surface area contributed by atoms with Crippen LogP contribution in [-0.4, -0.2) is 20.7 Å². The topological polar surface area (TPSA) is 67.8 Å². The van der Waals surface area contributed by atoms with Gasteiger partial charge >= 0.3 is 0 Å². The predicted octanol–water partition coefficient (Wildman–Crippen LogP) is 5.67. The number of aromatic nitrogens is 3. The zero-order valence-electron chi connectivity index (χ0n) is 16.4. The largest absolute Gasteiger partial charge is 0.325 e. The van der Waals surface area contributed by atoms with E-state index in [0.717, 1.165) is 51.2 Å². The molecule has 1 aliphatic carbocycles. The SMILES string of the molecule is C=C(C)c1ncc(-c2cccc(Nc3cc(C)ccn3)n2)s1.CC(=O)C1CC1. The van der Waals surface area contributed by atoms with Gasteiger partial charge in [0.25, 0.3) is 0 Å². The molecule has 0 aromatic carbocycles. The molecule has 1 N–H and O–H groups in total. The fourth-order valence-electron chi connectivity index (χ4n) is 2.46. The van der Waals surface area contributed by atoms with Gasteiger partial charge in [-0.15, -0.1) is 11.3 Å². The summed E-state index contributed by atoms with van der Waals surface area (Å²) in [6, 6.07) is 9.82. The molecule has 0 spiro atoms. The van der Waals surface area contributed by atoms with Crippen LogP contribution >= 0.6 is 11.3 Å². The maximum absolute atomic E-state index is 10.2. The van der Waals surface area contributed by atoms with E-state index in [2.05, 4.69) is 26.8 Å². The molecule has 0 saturated heterocycles. The highest BCUT2D eigenvalue weighted by Gasteiger charge is 2.25. The number of Topliss-reactive ketones (excluding diaryl/α,β-unsaturated/α-hetero) is 1. The fraction of sp³-hybridized carbons (Fsp3) is 0.273. The predicted molar refractivity (Wildman–Crippen MR) is 116 cm³/mol. The van der Waals surface area contributed by atoms with Crippen LogP contribution in [0.15, 0.2) is 49.3 Å². The number of aryl methyl sites for hydroxylation is 1. The van der Waals surface area contributed by atoms with Crippen LogP contribution in [-0.2, 0) is 4.79 Å². The van der Waals surface area contributed by atoms with E-state index in [1.165, 1.54) is 0 Å². The highest BCUT2D eigenvalue weighted by molar-refractivity contribution is 7.16. The minimum Gasteiger partial charge on any atom is -0.325 e. The van der Waals surface area contributed by atoms with Crippen LogP contribution < -0.4 is 5.32 Å². The molecule has 0 bridgehead atoms. The molecule has 5 nitrogen and oxygen atoms in total. The summed E-state index contributed by atoms with van der Waals surface area (Å²) in [7, 11) is 0. The number of hydrogen-bond acceptors (Lipinski definition) is 6. The maximum Gasteiger partial charge on any atom is 0.132 e. The van der Waals surface area contributed by atoms with E-state index in [-0.39, 0.29) is 0 Å². The minimum atomic E-state index is 0.370. The van der Waals surface area contributed by atoms with Gasteiger partial charge < -0.3 is 5.32 Å². The molecular weight excluding hydrogens is 368 g/mol. The van der Waals surface area contributed by atoms with Crippen molar-refractivity contribution in [2.45, 2.75) is 33.6 Å². The molecule has 4 rings (SSSR count). The van der Waals surface area contributed by atoms with E-state index in [4.69, 9.17) is 0 Å². The Balaban J connectivity index is 0.000000320. The quantitative estimate of drug-likeness (QED) is 0.606. The van der Waals surface area contributed by atoms with Crippen LogP contribution in [0.3, 0.4) is 0 Å². The number of pyridine rings is 2. The monoisotopic (exact) mass is 392 g/mol. The number of nitrogens with one attached hydrogen (secondary N) is 1. The molecule has 1 saturated carbocycles. The average molecular weight is 393 g/mol. The molecule has 0 aliphatic heterocycles. The van der Waals surface area contributed by atoms with E-state index >= 15 is 0 Å². The third kappa shape index (κ3) is 5.57. The van der Waals surface area contributed by atoms with Gasteiger partial charge in [-0.2, -0.15) is 0 Å². The number of nitrogens with zero attached hydrogens (tertiary/aromatic N) is 3. The van der Waals surface area contributed by atoms with Crippen LogP contribution in [0, 0.1) is 12.8 Å². The first-order valence-corrected chi connectivity index (χ1v) is 10.0. The van der Waals surface area contributed by atoms with Gasteiger partial charge in [-0.25, -0.2) is 15.0 Å². The van der Waals surface area contributed by atoms with Crippen LogP contribution in [0.5, 0.6) is 0 Å². The Morgan fingerprint density at radius 2 is 1.96 bits per heavy atom. The van der Waals surface area contributed by atoms with E-state index in [1.54, 1.807) is 24.5 Å². The van der Waals surface area contributed by atoms with Gasteiger partial charge in [-0.1, -0.05) is 12.6 Å². The summed E-state index contributed by atoms with van der Waals surface area (Å²) < 4.78 is 0. The molecule has 3 heterocycles. The number of allylic oxidation sites excluding steroid dienone is 1. The van der Waals surface area contributed by atoms with Gasteiger partial charge in [0.2, 0.25) is 0 Å². The molecule has 144 valence electrons. The van der Waals surface area contributed by atoms with Crippen molar-refractivity contribution in [1.29, 1.82) is 0 Å². The minimum absolute atomic E-state index is 0.370. The van der Waals surface area contributed by atoms with Gasteiger partial charge in [-0.3, -0.25) is 4.79 Å². The molecular formula is C22H24N4OS. The van der Waals surface area contributed by atoms with E-state index in [9.17, 15) is 4.79 Å². The number of anilines is 2. The third-order valence-electron chi connectivity index (χ3n) is 4.20. The Bertz CT molecular complexity index is 991. The maximum atomic E-state index is 10.2. The molecule has 28 heavy (non-hydrogen) atoms. The van der Waals surface area contributed by atoms with Gasteiger partial charge in [0.05, 0.1) is 10.6 Å². The van der Waals surface area contributed by atoms with Crippen molar-refractivity contribution in [2.75, 3.05) is 5.32 Å². The zero-order chi connectivity index (χ0) is 20.1. The highest BCUT2D eigenvalue weighted by atomic mass is 32.1. The number of ketones is 1. The lowest BCUT2D eigenvalue weighted by Crippen LogP contribution is -1.96. The summed E-state index contributed by atoms with van der Waals surface area (Å²) >= 11 is 1.59. The molecule has 3 aromatic heterocycles. The molecule has 0 radical (unpaired) electrons. The molecule has 0 amide bonds. The number of rotatable bonds is 5. The lowest BCUT2D eigenvalue weighted by Gasteiger charge is -2.06. The second-order valence-corrected chi connectivity index (χ2v) is 7.98. The summed E-state index contributed by atoms with van der Waals surface area (Å²) in [5, 5.41) is 4.17. The molecule has 1 fully saturated rings. The number of carbonyl (C=O) groups is 1. The number of carbonyl (C=O) groups excluding carboxylic acids is 1. The summed E-state index contributed by atoms with van der Waals surface area (Å²) in [4.78, 5) is 24.5. The first kappa shape index (κ1) is 19.9. The van der Waals surface area contributed by atoms with E-state index in [1.807, 2.05) is 50.4 Å². The smallest absolute Gasteiger partial charge is 0.132 e. The van der Waals surface area contributed by atoms with Crippen LogP contribution in [0.25, 0.3) is 16.1 Å². The van der Waals surface area contributed by atoms with Gasteiger partial charge in [-0.05, 0) is 69.0 Å². The van der Waals surface area contributed by atoms with Crippen LogP contribution in [0.4, 0.5) is 11.6 Å². The van der Waals surface area contributed by atoms with Gasteiger partial charge in [0, 0.05) is 18.3 Å². The molecule has 1 aliphatic rings. The molecule has 0 atom stereocenters. The normalized spacial score (nSPS) is 12.7. The van der Waals surface area contributed by atoms with Crippen molar-refractivity contribution >= 4 is 34.3 Å². The number of thiazole rings is 1. The van der Waals surface area contributed by atoms with Crippen molar-refractivity contribution in [1.82, 2.24) is 15.0 Å². The van der Waals surface area contributed by atoms with Crippen molar-refractivity contribution < 1.29 is 4.79 Å². The third-order valence-corrected chi connectivity index (χ3v) is 5.38. The molecule has 0 unspecified atom stereocenters. The Morgan fingerprint density at radius 1 is 1.18 bits per heavy atom. The standard InChI is InChI=1S/C17H16N4S.C5H8O/c1-11(2)17-19-10-14(22-17)13-5-4-6-15(20-13)21-16-9-12(3)7-8-18-16;1-4(6)5-2-3-5/h4-10H,1H2,2-3H3,(H,18,20,21);5H,2-3H2,1H3. The Morgan fingerprint density at radius 3 is 2.54 bits per heavy atom. The Labute approximate surface area is 169 Å². The summed E-state index contributed by atoms with van der Waals surface area (Å²) in [6.45, 7) is 9.58. The van der Waals surface area contributed by atoms with E-state index in [0.29, 0.717) is 11.7 Å². The van der Waals surface area contributed by atoms with Gasteiger partial charge in [0.15, 0.2) is 0 Å². The van der Waals surface area contributed by atoms with Crippen LogP contribution in [0.1, 0.15) is 37.3 Å². The van der Waals surface area contributed by atoms with Gasteiger partial charge in [0.1, 0.15) is 22.4 Å². The molecule has 3 aromatic rings. The summed E-state index contributed by atoms with van der Waals surface area (Å²) in [5.41, 5.74) is 3.01. The van der Waals surface area contributed by atoms with Crippen molar-refractivity contribution in [3.8, 4) is 10.6 Å². The lowest BCUT2D eigenvalue weighted by atomic mass is 10.3. The number of hydrogen-bond donors (Lipinski definition) is 1. The Hall–Kier alpha value is -2.86. The second kappa shape index (κ2) is 8.89. The average Bonchev–Trinajstić information content (AvgIpc) is 3.39. The van der Waals surface area contributed by atoms with Crippen molar-refractivity contribution in [2.24, 2.45) is 5.92 Å². The fourth-order valence-corrected chi connectivity index (χ4v) is 3.27. The van der Waals surface area contributed by atoms with Crippen molar-refractivity contribution in [3.05, 3.63) is 59.9 Å². The first-order chi connectivity index (χ1) is 13.4. The first-order valence-electron chi connectivity index (χ1n) is 9.21. The lowest BCUT2D eigenvalue weighted by molar-refractivity contribution is -0.118.